The van der Waals surface area contributed by atoms with Gasteiger partial charge in [-0.3, -0.25) is 0 Å². The summed E-state index contributed by atoms with van der Waals surface area (Å²) >= 11 is 0. The van der Waals surface area contributed by atoms with Gasteiger partial charge in [-0.1, -0.05) is 0 Å². The van der Waals surface area contributed by atoms with Crippen molar-refractivity contribution in [3.8, 4) is 5.69 Å². The van der Waals surface area contributed by atoms with Crippen molar-refractivity contribution in [1.82, 2.24) is 24.4 Å². The molecule has 1 fully saturated rings. The predicted octanol–water partition coefficient (Wildman–Crippen LogP) is 3.59. The number of rotatable bonds is 6. The van der Waals surface area contributed by atoms with E-state index in [0.29, 0.717) is 37.2 Å². The number of aryl methyl sites for hydroxylation is 1. The van der Waals surface area contributed by atoms with Gasteiger partial charge in [0.05, 0.1) is 12.2 Å². The molecule has 0 unspecified atom stereocenters. The third-order valence-corrected chi connectivity index (χ3v) is 6.46. The van der Waals surface area contributed by atoms with Gasteiger partial charge in [-0.2, -0.15) is 4.98 Å². The SMILES string of the molecule is Cc1nccn1-c1ccc(Nc2nc3c(c(NCC4CCOCC4)n2)CN(C(=O)O)CC3)cc1. The highest BCUT2D eigenvalue weighted by Gasteiger charge is 2.26. The third kappa shape index (κ3) is 4.81. The number of amides is 1. The molecule has 3 aromatic rings. The maximum atomic E-state index is 11.6. The van der Waals surface area contributed by atoms with Gasteiger partial charge >= 0.3 is 6.09 Å². The first kappa shape index (κ1) is 22.1. The Morgan fingerprint density at radius 1 is 1.21 bits per heavy atom. The van der Waals surface area contributed by atoms with E-state index >= 15 is 0 Å². The summed E-state index contributed by atoms with van der Waals surface area (Å²) in [7, 11) is 0. The minimum Gasteiger partial charge on any atom is -0.465 e. The molecule has 1 saturated heterocycles. The number of fused-ring (bicyclic) bond motifs is 1. The Morgan fingerprint density at radius 3 is 2.71 bits per heavy atom. The van der Waals surface area contributed by atoms with Crippen LogP contribution in [0.5, 0.6) is 0 Å². The fourth-order valence-corrected chi connectivity index (χ4v) is 4.46. The van der Waals surface area contributed by atoms with Gasteiger partial charge in [0.2, 0.25) is 5.95 Å². The Morgan fingerprint density at radius 2 is 2.00 bits per heavy atom. The third-order valence-electron chi connectivity index (χ3n) is 6.46. The van der Waals surface area contributed by atoms with Gasteiger partial charge in [0.1, 0.15) is 11.6 Å². The van der Waals surface area contributed by atoms with Crippen LogP contribution in [0, 0.1) is 12.8 Å². The van der Waals surface area contributed by atoms with Crippen LogP contribution >= 0.6 is 0 Å². The highest BCUT2D eigenvalue weighted by atomic mass is 16.5. The molecule has 2 aliphatic heterocycles. The van der Waals surface area contributed by atoms with Crippen LogP contribution < -0.4 is 10.6 Å². The number of ether oxygens (including phenoxy) is 1. The number of carboxylic acid groups (broad SMARTS) is 1. The number of hydrogen-bond donors (Lipinski definition) is 3. The number of benzene rings is 1. The Labute approximate surface area is 198 Å². The summed E-state index contributed by atoms with van der Waals surface area (Å²) < 4.78 is 7.49. The van der Waals surface area contributed by atoms with Crippen molar-refractivity contribution >= 4 is 23.5 Å². The molecule has 0 aliphatic carbocycles. The zero-order valence-corrected chi connectivity index (χ0v) is 19.2. The Kier molecular flexibility index (Phi) is 6.31. The molecule has 0 atom stereocenters. The van der Waals surface area contributed by atoms with Crippen molar-refractivity contribution in [3.05, 3.63) is 53.7 Å². The van der Waals surface area contributed by atoms with Crippen LogP contribution in [-0.2, 0) is 17.7 Å². The maximum absolute atomic E-state index is 11.6. The van der Waals surface area contributed by atoms with E-state index in [-0.39, 0.29) is 0 Å². The molecule has 0 spiro atoms. The molecule has 178 valence electrons. The maximum Gasteiger partial charge on any atom is 0.407 e. The van der Waals surface area contributed by atoms with Crippen LogP contribution in [0.1, 0.15) is 29.9 Å². The molecular formula is C24H29N7O3. The number of imidazole rings is 1. The van der Waals surface area contributed by atoms with Crippen molar-refractivity contribution in [1.29, 1.82) is 0 Å². The molecule has 0 saturated carbocycles. The fourth-order valence-electron chi connectivity index (χ4n) is 4.46. The molecule has 10 nitrogen and oxygen atoms in total. The zero-order valence-electron chi connectivity index (χ0n) is 19.2. The minimum atomic E-state index is -0.920. The summed E-state index contributed by atoms with van der Waals surface area (Å²) in [6.45, 7) is 5.02. The summed E-state index contributed by atoms with van der Waals surface area (Å²) in [5, 5.41) is 16.3. The second-order valence-corrected chi connectivity index (χ2v) is 8.73. The molecule has 0 bridgehead atoms. The number of aromatic nitrogens is 4. The van der Waals surface area contributed by atoms with Crippen LogP contribution in [0.4, 0.5) is 22.2 Å². The van der Waals surface area contributed by atoms with Crippen LogP contribution in [0.15, 0.2) is 36.7 Å². The van der Waals surface area contributed by atoms with Gasteiger partial charge in [-0.15, -0.1) is 0 Å². The van der Waals surface area contributed by atoms with E-state index in [9.17, 15) is 9.90 Å². The van der Waals surface area contributed by atoms with Crippen molar-refractivity contribution in [3.63, 3.8) is 0 Å². The van der Waals surface area contributed by atoms with Gasteiger partial charge in [-0.25, -0.2) is 14.8 Å². The first-order valence-corrected chi connectivity index (χ1v) is 11.6. The molecule has 2 aliphatic rings. The quantitative estimate of drug-likeness (QED) is 0.508. The molecule has 1 aromatic carbocycles. The normalized spacial score (nSPS) is 16.2. The number of anilines is 3. The number of nitrogens with one attached hydrogen (secondary N) is 2. The lowest BCUT2D eigenvalue weighted by molar-refractivity contribution is 0.0699. The van der Waals surface area contributed by atoms with E-state index in [4.69, 9.17) is 14.7 Å². The molecule has 34 heavy (non-hydrogen) atoms. The molecule has 1 amide bonds. The van der Waals surface area contributed by atoms with E-state index in [1.807, 2.05) is 42.0 Å². The molecule has 0 radical (unpaired) electrons. The topological polar surface area (TPSA) is 117 Å². The monoisotopic (exact) mass is 463 g/mol. The molecule has 10 heteroatoms. The second-order valence-electron chi connectivity index (χ2n) is 8.73. The summed E-state index contributed by atoms with van der Waals surface area (Å²) in [5.41, 5.74) is 3.65. The van der Waals surface area contributed by atoms with Gasteiger partial charge < -0.3 is 29.9 Å². The highest BCUT2D eigenvalue weighted by molar-refractivity contribution is 5.67. The first-order chi connectivity index (χ1) is 16.6. The lowest BCUT2D eigenvalue weighted by Gasteiger charge is -2.28. The Balaban J connectivity index is 1.37. The smallest absolute Gasteiger partial charge is 0.407 e. The largest absolute Gasteiger partial charge is 0.465 e. The molecule has 5 rings (SSSR count). The van der Waals surface area contributed by atoms with E-state index in [1.165, 1.54) is 4.90 Å². The average molecular weight is 464 g/mol. The summed E-state index contributed by atoms with van der Waals surface area (Å²) in [5.74, 6) is 2.64. The molecule has 3 N–H and O–H groups in total. The standard InChI is InChI=1S/C24H29N7O3/c1-16-25-9-11-31(16)19-4-2-18(3-5-19)27-23-28-21-6-10-30(24(32)33)15-20(21)22(29-23)26-14-17-7-12-34-13-8-17/h2-5,9,11,17H,6-8,10,12-15H2,1H3,(H,32,33)(H2,26,27,28,29). The number of hydrogen-bond acceptors (Lipinski definition) is 7. The lowest BCUT2D eigenvalue weighted by Crippen LogP contribution is -2.36. The van der Waals surface area contributed by atoms with Crippen molar-refractivity contribution in [2.75, 3.05) is 36.9 Å². The summed E-state index contributed by atoms with van der Waals surface area (Å²) in [4.78, 5) is 26.7. The van der Waals surface area contributed by atoms with Crippen LogP contribution in [0.25, 0.3) is 5.69 Å². The van der Waals surface area contributed by atoms with Crippen LogP contribution in [0.3, 0.4) is 0 Å². The van der Waals surface area contributed by atoms with E-state index in [1.54, 1.807) is 6.20 Å². The molecular weight excluding hydrogens is 434 g/mol. The van der Waals surface area contributed by atoms with Crippen molar-refractivity contribution in [2.45, 2.75) is 32.7 Å². The van der Waals surface area contributed by atoms with Gasteiger partial charge in [0.15, 0.2) is 0 Å². The van der Waals surface area contributed by atoms with Crippen molar-refractivity contribution in [2.24, 2.45) is 5.92 Å². The average Bonchev–Trinajstić information content (AvgIpc) is 3.29. The van der Waals surface area contributed by atoms with E-state index in [0.717, 1.165) is 61.1 Å². The van der Waals surface area contributed by atoms with Crippen LogP contribution in [-0.4, -0.2) is 61.9 Å². The fraction of sp³-hybridized carbons (Fsp3) is 0.417. The number of nitrogens with zero attached hydrogens (tertiary/aromatic N) is 5. The lowest BCUT2D eigenvalue weighted by atomic mass is 10.00. The molecule has 2 aromatic heterocycles. The zero-order chi connectivity index (χ0) is 23.5. The van der Waals surface area contributed by atoms with E-state index < -0.39 is 6.09 Å². The Hall–Kier alpha value is -3.66. The predicted molar refractivity (Wildman–Crippen MR) is 128 cm³/mol. The Bertz CT molecular complexity index is 1160. The van der Waals surface area contributed by atoms with Gasteiger partial charge in [0, 0.05) is 62.1 Å². The number of carbonyl (C=O) groups is 1. The molecule has 4 heterocycles. The van der Waals surface area contributed by atoms with Gasteiger partial charge in [-0.05, 0) is 49.9 Å². The first-order valence-electron chi connectivity index (χ1n) is 11.6. The van der Waals surface area contributed by atoms with E-state index in [2.05, 4.69) is 15.6 Å². The summed E-state index contributed by atoms with van der Waals surface area (Å²) in [6, 6.07) is 8.01. The van der Waals surface area contributed by atoms with Gasteiger partial charge in [0.25, 0.3) is 0 Å². The van der Waals surface area contributed by atoms with Crippen LogP contribution in [0.2, 0.25) is 0 Å². The second kappa shape index (κ2) is 9.68. The van der Waals surface area contributed by atoms with Crippen molar-refractivity contribution < 1.29 is 14.6 Å². The summed E-state index contributed by atoms with van der Waals surface area (Å²) in [6.07, 6.45) is 5.37. The minimum absolute atomic E-state index is 0.292. The highest BCUT2D eigenvalue weighted by Crippen LogP contribution is 2.28.